The number of nitrogens with zero attached hydrogens (tertiary/aromatic N) is 2. The molecule has 0 unspecified atom stereocenters. The van der Waals surface area contributed by atoms with Gasteiger partial charge >= 0.3 is 5.97 Å². The number of esters is 1. The van der Waals surface area contributed by atoms with Gasteiger partial charge in [-0.2, -0.15) is 0 Å². The third kappa shape index (κ3) is 4.23. The number of carbonyl (C=O) groups is 1. The lowest BCUT2D eigenvalue weighted by atomic mass is 10.3. The first-order chi connectivity index (χ1) is 12.1. The van der Waals surface area contributed by atoms with Gasteiger partial charge in [-0.15, -0.1) is 0 Å². The molecule has 0 aliphatic rings. The number of ether oxygens (including phenoxy) is 2. The smallest absolute Gasteiger partial charge is 0.309 e. The highest BCUT2D eigenvalue weighted by molar-refractivity contribution is 5.69. The van der Waals surface area contributed by atoms with Crippen LogP contribution in [0, 0.1) is 6.92 Å². The average molecular weight is 338 g/mol. The largest absolute Gasteiger partial charge is 0.493 e. The highest BCUT2D eigenvalue weighted by atomic mass is 16.5. The molecule has 6 nitrogen and oxygen atoms in total. The van der Waals surface area contributed by atoms with E-state index in [2.05, 4.69) is 4.98 Å². The van der Waals surface area contributed by atoms with Crippen molar-refractivity contribution in [2.75, 3.05) is 6.61 Å². The zero-order valence-electron chi connectivity index (χ0n) is 13.8. The molecule has 0 fully saturated rings. The minimum atomic E-state index is -0.400. The van der Waals surface area contributed by atoms with Crippen LogP contribution in [-0.2, 0) is 16.1 Å². The van der Waals surface area contributed by atoms with Crippen LogP contribution in [0.5, 0.6) is 5.75 Å². The predicted octanol–water partition coefficient (Wildman–Crippen LogP) is 2.52. The van der Waals surface area contributed by atoms with Gasteiger partial charge in [0.25, 0.3) is 5.56 Å². The van der Waals surface area contributed by atoms with Gasteiger partial charge in [0, 0.05) is 12.3 Å². The maximum atomic E-state index is 12.1. The van der Waals surface area contributed by atoms with Crippen molar-refractivity contribution >= 4 is 11.6 Å². The fourth-order valence-corrected chi connectivity index (χ4v) is 2.38. The summed E-state index contributed by atoms with van der Waals surface area (Å²) in [4.78, 5) is 28.3. The molecule has 2 aromatic heterocycles. The molecule has 0 radical (unpaired) electrons. The molecule has 128 valence electrons. The number of aromatic nitrogens is 2. The first kappa shape index (κ1) is 16.7. The van der Waals surface area contributed by atoms with E-state index < -0.39 is 5.97 Å². The number of rotatable bonds is 6. The lowest BCUT2D eigenvalue weighted by Crippen LogP contribution is -2.17. The lowest BCUT2D eigenvalue weighted by molar-refractivity contribution is -0.145. The number of hydrogen-bond donors (Lipinski definition) is 0. The van der Waals surface area contributed by atoms with Crippen molar-refractivity contribution in [3.05, 3.63) is 76.3 Å². The highest BCUT2D eigenvalue weighted by Gasteiger charge is 2.08. The minimum Gasteiger partial charge on any atom is -0.493 e. The molecule has 3 rings (SSSR count). The van der Waals surface area contributed by atoms with Crippen molar-refractivity contribution in [2.24, 2.45) is 0 Å². The molecule has 0 atom stereocenters. The summed E-state index contributed by atoms with van der Waals surface area (Å²) in [5.41, 5.74) is 1.67. The van der Waals surface area contributed by atoms with Gasteiger partial charge < -0.3 is 9.47 Å². The molecular weight excluding hydrogens is 320 g/mol. The molecule has 2 heterocycles. The van der Waals surface area contributed by atoms with Crippen LogP contribution in [-0.4, -0.2) is 22.0 Å². The summed E-state index contributed by atoms with van der Waals surface area (Å²) >= 11 is 0. The molecule has 0 saturated carbocycles. The van der Waals surface area contributed by atoms with E-state index in [1.807, 2.05) is 43.3 Å². The molecule has 0 N–H and O–H groups in total. The van der Waals surface area contributed by atoms with E-state index in [-0.39, 0.29) is 25.2 Å². The fourth-order valence-electron chi connectivity index (χ4n) is 2.38. The molecule has 1 aromatic carbocycles. The van der Waals surface area contributed by atoms with Gasteiger partial charge in [0.1, 0.15) is 18.0 Å². The van der Waals surface area contributed by atoms with Crippen molar-refractivity contribution in [1.82, 2.24) is 9.38 Å². The number of para-hydroxylation sites is 1. The Bertz CT molecular complexity index is 935. The molecule has 6 heteroatoms. The summed E-state index contributed by atoms with van der Waals surface area (Å²) in [6.07, 6.45) is 1.79. The number of aryl methyl sites for hydroxylation is 1. The molecule has 0 aliphatic heterocycles. The highest BCUT2D eigenvalue weighted by Crippen LogP contribution is 2.09. The summed E-state index contributed by atoms with van der Waals surface area (Å²) in [5.74, 6) is 0.303. The molecule has 3 aromatic rings. The Kier molecular flexibility index (Phi) is 5.09. The van der Waals surface area contributed by atoms with Crippen molar-refractivity contribution in [1.29, 1.82) is 0 Å². The summed E-state index contributed by atoms with van der Waals surface area (Å²) in [7, 11) is 0. The topological polar surface area (TPSA) is 69.9 Å². The zero-order valence-corrected chi connectivity index (χ0v) is 13.8. The number of carbonyl (C=O) groups excluding carboxylic acids is 1. The first-order valence-electron chi connectivity index (χ1n) is 7.95. The van der Waals surface area contributed by atoms with Gasteiger partial charge in [-0.3, -0.25) is 14.0 Å². The monoisotopic (exact) mass is 338 g/mol. The normalized spacial score (nSPS) is 10.6. The second-order valence-corrected chi connectivity index (χ2v) is 5.54. The third-order valence-electron chi connectivity index (χ3n) is 3.64. The van der Waals surface area contributed by atoms with Crippen LogP contribution in [0.2, 0.25) is 0 Å². The number of pyridine rings is 1. The SMILES string of the molecule is Cc1cccn2c(=O)cc(COC(=O)CCOc3ccccc3)nc12. The van der Waals surface area contributed by atoms with Crippen molar-refractivity contribution in [3.63, 3.8) is 0 Å². The Morgan fingerprint density at radius 1 is 1.16 bits per heavy atom. The Morgan fingerprint density at radius 2 is 1.96 bits per heavy atom. The summed E-state index contributed by atoms with van der Waals surface area (Å²) < 4.78 is 12.1. The van der Waals surface area contributed by atoms with Crippen LogP contribution in [0.4, 0.5) is 0 Å². The van der Waals surface area contributed by atoms with Crippen LogP contribution in [0.15, 0.2) is 59.5 Å². The molecule has 0 spiro atoms. The Hall–Kier alpha value is -3.15. The van der Waals surface area contributed by atoms with Crippen molar-refractivity contribution in [3.8, 4) is 5.75 Å². The summed E-state index contributed by atoms with van der Waals surface area (Å²) in [5, 5.41) is 0. The number of benzene rings is 1. The van der Waals surface area contributed by atoms with E-state index >= 15 is 0 Å². The van der Waals surface area contributed by atoms with E-state index in [4.69, 9.17) is 9.47 Å². The van der Waals surface area contributed by atoms with Crippen molar-refractivity contribution < 1.29 is 14.3 Å². The van der Waals surface area contributed by atoms with Gasteiger partial charge in [0.15, 0.2) is 0 Å². The minimum absolute atomic E-state index is 0.0375. The molecular formula is C19H18N2O4. The Balaban J connectivity index is 1.56. The molecule has 0 aliphatic carbocycles. The summed E-state index contributed by atoms with van der Waals surface area (Å²) in [6, 6.07) is 14.3. The average Bonchev–Trinajstić information content (AvgIpc) is 2.62. The van der Waals surface area contributed by atoms with E-state index in [1.165, 1.54) is 10.5 Å². The first-order valence-corrected chi connectivity index (χ1v) is 7.95. The van der Waals surface area contributed by atoms with Gasteiger partial charge in [0.2, 0.25) is 0 Å². The predicted molar refractivity (Wildman–Crippen MR) is 92.5 cm³/mol. The Morgan fingerprint density at radius 3 is 2.76 bits per heavy atom. The second kappa shape index (κ2) is 7.61. The summed E-state index contributed by atoms with van der Waals surface area (Å²) in [6.45, 7) is 2.07. The maximum Gasteiger partial charge on any atom is 0.309 e. The van der Waals surface area contributed by atoms with Crippen molar-refractivity contribution in [2.45, 2.75) is 20.0 Å². The fraction of sp³-hybridized carbons (Fsp3) is 0.211. The van der Waals surface area contributed by atoms with E-state index in [0.717, 1.165) is 5.56 Å². The standard InChI is InChI=1S/C19H18N2O4/c1-14-6-5-10-21-17(22)12-15(20-19(14)21)13-25-18(23)9-11-24-16-7-3-2-4-8-16/h2-8,10,12H,9,11,13H2,1H3. The van der Waals surface area contributed by atoms with Gasteiger partial charge in [-0.25, -0.2) is 4.98 Å². The van der Waals surface area contributed by atoms with Crippen LogP contribution in [0.1, 0.15) is 17.7 Å². The van der Waals surface area contributed by atoms with Crippen LogP contribution >= 0.6 is 0 Å². The van der Waals surface area contributed by atoms with Crippen LogP contribution < -0.4 is 10.3 Å². The van der Waals surface area contributed by atoms with Gasteiger partial charge in [0.05, 0.1) is 18.7 Å². The molecule has 0 saturated heterocycles. The quantitative estimate of drug-likeness (QED) is 0.646. The van der Waals surface area contributed by atoms with Gasteiger partial charge in [-0.1, -0.05) is 24.3 Å². The van der Waals surface area contributed by atoms with E-state index in [9.17, 15) is 9.59 Å². The van der Waals surface area contributed by atoms with E-state index in [0.29, 0.717) is 17.1 Å². The van der Waals surface area contributed by atoms with Crippen LogP contribution in [0.3, 0.4) is 0 Å². The van der Waals surface area contributed by atoms with E-state index in [1.54, 1.807) is 12.3 Å². The maximum absolute atomic E-state index is 12.1. The third-order valence-corrected chi connectivity index (χ3v) is 3.64. The Labute approximate surface area is 144 Å². The number of hydrogen-bond acceptors (Lipinski definition) is 5. The second-order valence-electron chi connectivity index (χ2n) is 5.54. The molecule has 0 amide bonds. The lowest BCUT2D eigenvalue weighted by Gasteiger charge is -2.08. The molecule has 25 heavy (non-hydrogen) atoms. The van der Waals surface area contributed by atoms with Gasteiger partial charge in [-0.05, 0) is 30.7 Å². The van der Waals surface area contributed by atoms with Crippen LogP contribution in [0.25, 0.3) is 5.65 Å². The number of fused-ring (bicyclic) bond motifs is 1. The molecule has 0 bridgehead atoms. The zero-order chi connectivity index (χ0) is 17.6.